The largest absolute Gasteiger partial charge is 0.465 e. The zero-order valence-corrected chi connectivity index (χ0v) is 20.8. The monoisotopic (exact) mass is 476 g/mol. The first-order chi connectivity index (χ1) is 15.9. The van der Waals surface area contributed by atoms with Crippen LogP contribution in [0.3, 0.4) is 0 Å². The maximum Gasteiger partial charge on any atom is 0.337 e. The molecule has 3 rings (SSSR count). The van der Waals surface area contributed by atoms with E-state index in [2.05, 4.69) is 13.5 Å². The number of esters is 4. The van der Waals surface area contributed by atoms with Crippen molar-refractivity contribution in [3.05, 3.63) is 23.8 Å². The Balaban J connectivity index is 1.91. The molecule has 1 saturated heterocycles. The van der Waals surface area contributed by atoms with E-state index >= 15 is 0 Å². The minimum Gasteiger partial charge on any atom is -0.465 e. The maximum atomic E-state index is 12.3. The van der Waals surface area contributed by atoms with Crippen molar-refractivity contribution in [2.45, 2.75) is 78.9 Å². The SMILES string of the molecule is C=C1CCC2C(C)(COC(C)=O)C(OC(C)=O)CCC2(C)C1C/C=C1/C(=O)OCC1OC(C)=O. The van der Waals surface area contributed by atoms with Gasteiger partial charge in [-0.2, -0.15) is 0 Å². The molecule has 1 heterocycles. The Labute approximate surface area is 201 Å². The molecule has 3 aliphatic rings. The lowest BCUT2D eigenvalue weighted by Gasteiger charge is -2.60. The number of hydrogen-bond acceptors (Lipinski definition) is 8. The third-order valence-corrected chi connectivity index (χ3v) is 8.04. The van der Waals surface area contributed by atoms with Gasteiger partial charge in [-0.3, -0.25) is 14.4 Å². The van der Waals surface area contributed by atoms with E-state index in [0.29, 0.717) is 18.4 Å². The van der Waals surface area contributed by atoms with Crippen LogP contribution in [0.5, 0.6) is 0 Å². The first-order valence-corrected chi connectivity index (χ1v) is 11.9. The summed E-state index contributed by atoms with van der Waals surface area (Å²) in [6.45, 7) is 12.9. The fraction of sp³-hybridized carbons (Fsp3) is 0.692. The fourth-order valence-electron chi connectivity index (χ4n) is 6.46. The molecule has 6 unspecified atom stereocenters. The Bertz CT molecular complexity index is 904. The molecule has 0 amide bonds. The number of cyclic esters (lactones) is 1. The minimum atomic E-state index is -0.695. The molecule has 0 spiro atoms. The van der Waals surface area contributed by atoms with Gasteiger partial charge in [0.2, 0.25) is 0 Å². The Morgan fingerprint density at radius 2 is 1.76 bits per heavy atom. The van der Waals surface area contributed by atoms with Gasteiger partial charge < -0.3 is 18.9 Å². The molecule has 8 heteroatoms. The summed E-state index contributed by atoms with van der Waals surface area (Å²) in [4.78, 5) is 47.2. The number of fused-ring (bicyclic) bond motifs is 1. The Kier molecular flexibility index (Phi) is 7.58. The van der Waals surface area contributed by atoms with Crippen molar-refractivity contribution in [3.63, 3.8) is 0 Å². The van der Waals surface area contributed by atoms with Crippen molar-refractivity contribution < 1.29 is 38.1 Å². The molecule has 1 aliphatic heterocycles. The van der Waals surface area contributed by atoms with Gasteiger partial charge in [-0.05, 0) is 49.4 Å². The standard InChI is InChI=1S/C26H36O8/c1-15-7-10-22-25(5,12-11-23(34-18(4)29)26(22,6)14-32-16(2)27)20(15)9-8-19-21(33-17(3)28)13-31-24(19)30/h8,20-23H,1,7,9-14H2,2-6H3/b19-8+. The van der Waals surface area contributed by atoms with Gasteiger partial charge in [0.15, 0.2) is 6.10 Å². The van der Waals surface area contributed by atoms with E-state index in [0.717, 1.165) is 24.8 Å². The second-order valence-electron chi connectivity index (χ2n) is 10.3. The van der Waals surface area contributed by atoms with Gasteiger partial charge in [-0.25, -0.2) is 4.79 Å². The highest BCUT2D eigenvalue weighted by molar-refractivity contribution is 5.92. The molecule has 2 aliphatic carbocycles. The average molecular weight is 477 g/mol. The summed E-state index contributed by atoms with van der Waals surface area (Å²) >= 11 is 0. The van der Waals surface area contributed by atoms with Crippen LogP contribution < -0.4 is 0 Å². The second-order valence-corrected chi connectivity index (χ2v) is 10.3. The molecule has 0 aromatic rings. The van der Waals surface area contributed by atoms with Gasteiger partial charge in [0.1, 0.15) is 19.3 Å². The summed E-state index contributed by atoms with van der Waals surface area (Å²) in [6, 6.07) is 0. The molecular formula is C26H36O8. The van der Waals surface area contributed by atoms with Gasteiger partial charge >= 0.3 is 23.9 Å². The summed E-state index contributed by atoms with van der Waals surface area (Å²) in [5.41, 5.74) is 0.706. The third kappa shape index (κ3) is 5.05. The Morgan fingerprint density at radius 3 is 2.38 bits per heavy atom. The van der Waals surface area contributed by atoms with Gasteiger partial charge in [-0.1, -0.05) is 32.1 Å². The van der Waals surface area contributed by atoms with E-state index < -0.39 is 23.5 Å². The molecule has 0 aromatic carbocycles. The van der Waals surface area contributed by atoms with Crippen molar-refractivity contribution in [1.29, 1.82) is 0 Å². The average Bonchev–Trinajstić information content (AvgIpc) is 3.07. The van der Waals surface area contributed by atoms with Crippen LogP contribution in [-0.4, -0.2) is 49.3 Å². The van der Waals surface area contributed by atoms with Crippen LogP contribution >= 0.6 is 0 Å². The molecule has 3 fully saturated rings. The van der Waals surface area contributed by atoms with E-state index in [9.17, 15) is 19.2 Å². The van der Waals surface area contributed by atoms with Gasteiger partial charge in [0.25, 0.3) is 0 Å². The number of carbonyl (C=O) groups excluding carboxylic acids is 4. The van der Waals surface area contributed by atoms with Crippen LogP contribution in [0.15, 0.2) is 23.8 Å². The zero-order valence-electron chi connectivity index (χ0n) is 20.8. The summed E-state index contributed by atoms with van der Waals surface area (Å²) in [6.07, 6.45) is 4.40. The lowest BCUT2D eigenvalue weighted by Crippen LogP contribution is -2.58. The van der Waals surface area contributed by atoms with E-state index in [1.54, 1.807) is 0 Å². The third-order valence-electron chi connectivity index (χ3n) is 8.04. The quantitative estimate of drug-likeness (QED) is 0.247. The number of hydrogen-bond donors (Lipinski definition) is 0. The molecule has 8 nitrogen and oxygen atoms in total. The van der Waals surface area contributed by atoms with Crippen LogP contribution in [0, 0.1) is 22.7 Å². The molecule has 34 heavy (non-hydrogen) atoms. The molecule has 6 atom stereocenters. The van der Waals surface area contributed by atoms with E-state index in [-0.39, 0.29) is 48.5 Å². The highest BCUT2D eigenvalue weighted by atomic mass is 16.6. The summed E-state index contributed by atoms with van der Waals surface area (Å²) in [7, 11) is 0. The maximum absolute atomic E-state index is 12.3. The molecule has 2 saturated carbocycles. The molecule has 0 N–H and O–H groups in total. The number of carbonyl (C=O) groups is 4. The molecule has 0 aromatic heterocycles. The van der Waals surface area contributed by atoms with E-state index in [4.69, 9.17) is 18.9 Å². The lowest BCUT2D eigenvalue weighted by atomic mass is 9.46. The number of rotatable bonds is 6. The Hall–Kier alpha value is -2.64. The van der Waals surface area contributed by atoms with Crippen molar-refractivity contribution in [1.82, 2.24) is 0 Å². The highest BCUT2D eigenvalue weighted by Gasteiger charge is 2.59. The van der Waals surface area contributed by atoms with Gasteiger partial charge in [0, 0.05) is 26.2 Å². The zero-order chi connectivity index (χ0) is 25.3. The van der Waals surface area contributed by atoms with Gasteiger partial charge in [0.05, 0.1) is 5.57 Å². The van der Waals surface area contributed by atoms with E-state index in [1.807, 2.05) is 13.0 Å². The van der Waals surface area contributed by atoms with Crippen molar-refractivity contribution in [2.75, 3.05) is 13.2 Å². The van der Waals surface area contributed by atoms with Crippen molar-refractivity contribution >= 4 is 23.9 Å². The predicted octanol–water partition coefficient (Wildman–Crippen LogP) is 3.68. The first kappa shape index (κ1) is 26.0. The highest BCUT2D eigenvalue weighted by Crippen LogP contribution is 2.62. The van der Waals surface area contributed by atoms with Crippen LogP contribution in [0.1, 0.15) is 66.7 Å². The Morgan fingerprint density at radius 1 is 1.09 bits per heavy atom. The van der Waals surface area contributed by atoms with Crippen LogP contribution in [-0.2, 0) is 38.1 Å². The van der Waals surface area contributed by atoms with Crippen LogP contribution in [0.25, 0.3) is 0 Å². The first-order valence-electron chi connectivity index (χ1n) is 11.9. The number of allylic oxidation sites excluding steroid dienone is 2. The molecule has 0 bridgehead atoms. The molecule has 188 valence electrons. The van der Waals surface area contributed by atoms with Crippen LogP contribution in [0.4, 0.5) is 0 Å². The summed E-state index contributed by atoms with van der Waals surface area (Å²) < 4.78 is 21.6. The van der Waals surface area contributed by atoms with Gasteiger partial charge in [-0.15, -0.1) is 0 Å². The number of ether oxygens (including phenoxy) is 4. The second kappa shape index (κ2) is 9.92. The van der Waals surface area contributed by atoms with Crippen molar-refractivity contribution in [2.24, 2.45) is 22.7 Å². The van der Waals surface area contributed by atoms with Crippen molar-refractivity contribution in [3.8, 4) is 0 Å². The molecular weight excluding hydrogens is 440 g/mol. The van der Waals surface area contributed by atoms with E-state index in [1.165, 1.54) is 20.8 Å². The fourth-order valence-corrected chi connectivity index (χ4v) is 6.46. The molecule has 0 radical (unpaired) electrons. The topological polar surface area (TPSA) is 105 Å². The lowest BCUT2D eigenvalue weighted by molar-refractivity contribution is -0.191. The smallest absolute Gasteiger partial charge is 0.337 e. The minimum absolute atomic E-state index is 0.0280. The predicted molar refractivity (Wildman–Crippen MR) is 122 cm³/mol. The summed E-state index contributed by atoms with van der Waals surface area (Å²) in [5, 5.41) is 0. The normalized spacial score (nSPS) is 36.4. The summed E-state index contributed by atoms with van der Waals surface area (Å²) in [5.74, 6) is -1.49. The van der Waals surface area contributed by atoms with Crippen LogP contribution in [0.2, 0.25) is 0 Å².